The number of unbranched alkanes of at least 4 members (excludes halogenated alkanes) is 7. The molecule has 3 aromatic heterocycles. The molecule has 111 heavy (non-hydrogen) atoms. The van der Waals surface area contributed by atoms with Crippen molar-refractivity contribution in [3.8, 4) is 35.8 Å². The van der Waals surface area contributed by atoms with Crippen molar-refractivity contribution in [2.75, 3.05) is 39.3 Å². The summed E-state index contributed by atoms with van der Waals surface area (Å²) < 4.78 is 3.63. The van der Waals surface area contributed by atoms with Crippen LogP contribution in [-0.4, -0.2) is 101 Å². The largest absolute Gasteiger partial charge is 0.493 e. The summed E-state index contributed by atoms with van der Waals surface area (Å²) in [6, 6.07) is 26.5. The molecular weight excluding hydrogens is 1400 g/mol. The number of pyridine rings is 3. The number of carbonyl (C=O) groups is 3. The molecule has 0 fully saturated rings. The first-order valence-electron chi connectivity index (χ1n) is 40.6. The molecule has 0 bridgehead atoms. The lowest BCUT2D eigenvalue weighted by atomic mass is 9.95. The Kier molecular flexibility index (Phi) is 41.6. The monoisotopic (exact) mass is 1520 g/mol. The third-order valence-electron chi connectivity index (χ3n) is 20.3. The van der Waals surface area contributed by atoms with Gasteiger partial charge in [0.1, 0.15) is 34.9 Å². The predicted molar refractivity (Wildman–Crippen MR) is 441 cm³/mol. The van der Waals surface area contributed by atoms with Gasteiger partial charge in [0.15, 0.2) is 17.1 Å². The Hall–Kier alpha value is -10.4. The summed E-state index contributed by atoms with van der Waals surface area (Å²) in [7, 11) is 0. The fourth-order valence-corrected chi connectivity index (χ4v) is 12.9. The fourth-order valence-electron chi connectivity index (χ4n) is 12.9. The number of amides is 3. The van der Waals surface area contributed by atoms with E-state index >= 15 is 0 Å². The first-order chi connectivity index (χ1) is 53.5. The van der Waals surface area contributed by atoms with E-state index in [1.54, 1.807) is 98.5 Å². The highest BCUT2D eigenvalue weighted by Gasteiger charge is 2.27. The molecule has 0 spiro atoms. The van der Waals surface area contributed by atoms with Crippen molar-refractivity contribution in [3.63, 3.8) is 0 Å². The van der Waals surface area contributed by atoms with E-state index in [0.29, 0.717) is 114 Å². The van der Waals surface area contributed by atoms with Crippen molar-refractivity contribution in [2.24, 2.45) is 48.4 Å². The second-order valence-electron chi connectivity index (χ2n) is 28.3. The first-order valence-corrected chi connectivity index (χ1v) is 40.6. The molecule has 3 N–H and O–H groups in total. The Morgan fingerprint density at radius 1 is 0.396 bits per heavy atom. The zero-order chi connectivity index (χ0) is 82.1. The molecule has 6 rings (SSSR count). The van der Waals surface area contributed by atoms with Crippen LogP contribution >= 0.6 is 0 Å². The SMILES string of the molecule is CCCCC(CC)CN(CC(CC)CCCC)C(=O)c1ccc(N=Nc2c(C)c(C#N)c(O)n(CCCC)c2=O)cc1.CCCCC(CC)Cn1c(O)c(C#N)c(C)c(N=Nc2ccc(C(=O)N(CCCC)CCCC)cc2)c1=O.CCCCn1c(O)c(C#N)c(CC)c(N=Nc2ccc(C(=O)N(CC)CC)cc2)c1=O. The van der Waals surface area contributed by atoms with E-state index in [4.69, 9.17) is 0 Å². The smallest absolute Gasteiger partial charge is 0.281 e. The Bertz CT molecular complexity index is 4340. The fraction of sp³-hybridized carbons (Fsp3) is 0.552. The number of nitrogens with zero attached hydrogens (tertiary/aromatic N) is 15. The van der Waals surface area contributed by atoms with Crippen molar-refractivity contribution in [2.45, 2.75) is 258 Å². The molecule has 0 saturated carbocycles. The summed E-state index contributed by atoms with van der Waals surface area (Å²) in [4.78, 5) is 84.2. The van der Waals surface area contributed by atoms with Crippen LogP contribution in [0.4, 0.5) is 34.1 Å². The Morgan fingerprint density at radius 2 is 0.712 bits per heavy atom. The normalized spacial score (nSPS) is 12.0. The van der Waals surface area contributed by atoms with Crippen LogP contribution < -0.4 is 16.7 Å². The van der Waals surface area contributed by atoms with Gasteiger partial charge in [-0.2, -0.15) is 31.1 Å². The maximum atomic E-state index is 13.8. The molecule has 0 aliphatic rings. The van der Waals surface area contributed by atoms with Gasteiger partial charge >= 0.3 is 0 Å². The first kappa shape index (κ1) is 93.0. The predicted octanol–water partition coefficient (Wildman–Crippen LogP) is 20.9. The average molecular weight is 1520 g/mol. The molecule has 3 aromatic carbocycles. The van der Waals surface area contributed by atoms with Crippen molar-refractivity contribution >= 4 is 51.8 Å². The Morgan fingerprint density at radius 3 is 1.05 bits per heavy atom. The highest BCUT2D eigenvalue weighted by Crippen LogP contribution is 2.33. The van der Waals surface area contributed by atoms with Crippen LogP contribution in [0.2, 0.25) is 0 Å². The van der Waals surface area contributed by atoms with E-state index in [0.717, 1.165) is 129 Å². The molecule has 600 valence electrons. The van der Waals surface area contributed by atoms with Gasteiger partial charge in [0.25, 0.3) is 34.4 Å². The molecule has 0 aliphatic carbocycles. The number of benzene rings is 3. The molecule has 0 saturated heterocycles. The lowest BCUT2D eigenvalue weighted by Crippen LogP contribution is -2.39. The van der Waals surface area contributed by atoms with Crippen LogP contribution in [-0.2, 0) is 26.1 Å². The summed E-state index contributed by atoms with van der Waals surface area (Å²) in [6.07, 6.45) is 20.3. The summed E-state index contributed by atoms with van der Waals surface area (Å²) in [6.45, 7) is 35.2. The molecule has 24 heteroatoms. The van der Waals surface area contributed by atoms with Crippen LogP contribution in [0.25, 0.3) is 0 Å². The van der Waals surface area contributed by atoms with Gasteiger partial charge in [-0.25, -0.2) is 0 Å². The molecule has 3 unspecified atom stereocenters. The molecule has 3 atom stereocenters. The maximum absolute atomic E-state index is 13.8. The summed E-state index contributed by atoms with van der Waals surface area (Å²) in [5, 5.41) is 85.5. The number of hydrogen-bond donors (Lipinski definition) is 3. The van der Waals surface area contributed by atoms with Gasteiger partial charge in [0.05, 0.1) is 17.1 Å². The molecular formula is C87H123N15O9. The van der Waals surface area contributed by atoms with Crippen LogP contribution in [0.15, 0.2) is 118 Å². The lowest BCUT2D eigenvalue weighted by Gasteiger charge is -2.31. The third-order valence-corrected chi connectivity index (χ3v) is 20.3. The van der Waals surface area contributed by atoms with Gasteiger partial charge in [-0.3, -0.25) is 42.5 Å². The van der Waals surface area contributed by atoms with Crippen LogP contribution in [0.3, 0.4) is 0 Å². The topological polar surface area (TPSA) is 333 Å². The number of azo groups is 3. The molecule has 6 aromatic rings. The van der Waals surface area contributed by atoms with Gasteiger partial charge in [0, 0.05) is 92.3 Å². The van der Waals surface area contributed by atoms with E-state index in [2.05, 4.69) is 91.0 Å². The van der Waals surface area contributed by atoms with Crippen molar-refractivity contribution < 1.29 is 29.7 Å². The minimum atomic E-state index is -0.481. The highest BCUT2D eigenvalue weighted by atomic mass is 16.3. The summed E-state index contributed by atoms with van der Waals surface area (Å²) in [5.74, 6) is 0.181. The number of hydrogen-bond acceptors (Lipinski definition) is 18. The van der Waals surface area contributed by atoms with Gasteiger partial charge in [-0.15, -0.1) is 15.3 Å². The Balaban J connectivity index is 0.000000355. The van der Waals surface area contributed by atoms with Crippen molar-refractivity contribution in [1.29, 1.82) is 15.8 Å². The molecule has 0 aliphatic heterocycles. The van der Waals surface area contributed by atoms with Crippen molar-refractivity contribution in [1.82, 2.24) is 28.4 Å². The van der Waals surface area contributed by atoms with E-state index < -0.39 is 16.7 Å². The minimum absolute atomic E-state index is 0.000123. The van der Waals surface area contributed by atoms with Crippen molar-refractivity contribution in [3.05, 3.63) is 154 Å². The van der Waals surface area contributed by atoms with Gasteiger partial charge in [-0.05, 0) is 170 Å². The second kappa shape index (κ2) is 49.7. The lowest BCUT2D eigenvalue weighted by molar-refractivity contribution is 0.0683. The molecule has 3 amide bonds. The number of aromatic hydroxyl groups is 3. The number of carbonyl (C=O) groups excluding carboxylic acids is 3. The van der Waals surface area contributed by atoms with Crippen LogP contribution in [0.1, 0.15) is 283 Å². The molecule has 0 radical (unpaired) electrons. The van der Waals surface area contributed by atoms with Gasteiger partial charge < -0.3 is 30.0 Å². The second-order valence-corrected chi connectivity index (χ2v) is 28.3. The number of nitriles is 3. The van der Waals surface area contributed by atoms with Gasteiger partial charge in [-0.1, -0.05) is 160 Å². The van der Waals surface area contributed by atoms with Crippen LogP contribution in [0, 0.1) is 65.6 Å². The summed E-state index contributed by atoms with van der Waals surface area (Å²) >= 11 is 0. The molecule has 3 heterocycles. The zero-order valence-corrected chi connectivity index (χ0v) is 68.9. The third kappa shape index (κ3) is 26.7. The van der Waals surface area contributed by atoms with E-state index in [1.807, 2.05) is 50.8 Å². The van der Waals surface area contributed by atoms with Crippen LogP contribution in [0.5, 0.6) is 17.6 Å². The Labute approximate surface area is 658 Å². The molecule has 24 nitrogen and oxygen atoms in total. The minimum Gasteiger partial charge on any atom is -0.493 e. The zero-order valence-electron chi connectivity index (χ0n) is 68.9. The highest BCUT2D eigenvalue weighted by molar-refractivity contribution is 5.95. The van der Waals surface area contributed by atoms with E-state index in [-0.39, 0.29) is 75.0 Å². The average Bonchev–Trinajstić information content (AvgIpc) is 0.792. The maximum Gasteiger partial charge on any atom is 0.281 e. The van der Waals surface area contributed by atoms with E-state index in [1.165, 1.54) is 26.5 Å². The van der Waals surface area contributed by atoms with E-state index in [9.17, 15) is 59.9 Å². The van der Waals surface area contributed by atoms with Gasteiger partial charge in [0.2, 0.25) is 17.6 Å². The number of aromatic nitrogens is 3. The number of rotatable bonds is 42. The standard InChI is InChI=1S/C34H51N5O3.C30H43N5O3.C23H29N5O3/c1-7-12-15-26(10-4)23-38(24-27(11-5)16-13-8-2)32(40)28-17-19-29(20-18-28)36-37-31-25(6)30(22-35)33(41)39(34(31)42)21-14-9-3;1-6-10-13-23(9-4)21-35-29(37)26(20-31)22(5)27(30(35)38)33-32-25-16-14-24(15-17-25)28(36)34(18-11-7-2)19-12-8-3;1-5-9-14-28-22(30)19(15-24)18(6-2)20(23(28)31)26-25-17-12-10-16(11-13-17)21(29)27(7-3)8-4/h17-20,26-27,41H,7-16,21,23-24H2,1-6H3;14-17,23,37H,6-13,18-19,21H2,1-5H3;10-13,30H,5-9,14H2,1-4H3. The summed E-state index contributed by atoms with van der Waals surface area (Å²) in [5.41, 5.74) is 2.97. The quantitative estimate of drug-likeness (QED) is 0.0301.